The van der Waals surface area contributed by atoms with Gasteiger partial charge in [0.1, 0.15) is 4.88 Å². The second-order valence-corrected chi connectivity index (χ2v) is 5.26. The number of hydrogen-bond donors (Lipinski definition) is 2. The molecule has 5 heteroatoms. The first-order valence-electron chi connectivity index (χ1n) is 5.40. The minimum Gasteiger partial charge on any atom is -0.397 e. The van der Waals surface area contributed by atoms with Crippen molar-refractivity contribution in [3.05, 3.63) is 16.3 Å². The average molecular weight is 240 g/mol. The number of thiophene rings is 1. The van der Waals surface area contributed by atoms with Gasteiger partial charge in [0.25, 0.3) is 5.91 Å². The highest BCUT2D eigenvalue weighted by Crippen LogP contribution is 2.30. The standard InChI is InChI=1S/C11H16N2O2S/c1-2-4-11(15)6-13(7-11)10(14)9-8(12)3-5-16-9/h3,5,15H,2,4,6-7,12H2,1H3. The van der Waals surface area contributed by atoms with Crippen LogP contribution in [-0.2, 0) is 0 Å². The normalized spacial score (nSPS) is 18.2. The van der Waals surface area contributed by atoms with E-state index >= 15 is 0 Å². The number of nitrogens with two attached hydrogens (primary N) is 1. The fourth-order valence-corrected chi connectivity index (χ4v) is 2.85. The summed E-state index contributed by atoms with van der Waals surface area (Å²) in [5, 5.41) is 11.8. The molecule has 1 aliphatic heterocycles. The zero-order valence-corrected chi connectivity index (χ0v) is 10.1. The Labute approximate surface area is 98.7 Å². The van der Waals surface area contributed by atoms with Crippen LogP contribution in [0.2, 0.25) is 0 Å². The second kappa shape index (κ2) is 4.07. The van der Waals surface area contributed by atoms with Crippen LogP contribution in [0, 0.1) is 0 Å². The number of amides is 1. The molecule has 0 saturated carbocycles. The molecule has 2 heterocycles. The molecule has 88 valence electrons. The topological polar surface area (TPSA) is 66.6 Å². The Bertz CT molecular complexity index is 396. The highest BCUT2D eigenvalue weighted by molar-refractivity contribution is 7.12. The quantitative estimate of drug-likeness (QED) is 0.837. The summed E-state index contributed by atoms with van der Waals surface area (Å²) in [7, 11) is 0. The minimum absolute atomic E-state index is 0.0618. The van der Waals surface area contributed by atoms with Crippen molar-refractivity contribution < 1.29 is 9.90 Å². The fraction of sp³-hybridized carbons (Fsp3) is 0.545. The molecular weight excluding hydrogens is 224 g/mol. The molecule has 0 bridgehead atoms. The maximum atomic E-state index is 11.9. The van der Waals surface area contributed by atoms with Crippen LogP contribution in [0.15, 0.2) is 11.4 Å². The molecule has 1 saturated heterocycles. The van der Waals surface area contributed by atoms with Crippen LogP contribution in [0.25, 0.3) is 0 Å². The summed E-state index contributed by atoms with van der Waals surface area (Å²) >= 11 is 1.35. The molecule has 1 amide bonds. The lowest BCUT2D eigenvalue weighted by Gasteiger charge is -2.46. The maximum Gasteiger partial charge on any atom is 0.266 e. The lowest BCUT2D eigenvalue weighted by Crippen LogP contribution is -2.63. The van der Waals surface area contributed by atoms with E-state index in [9.17, 15) is 9.90 Å². The van der Waals surface area contributed by atoms with Crippen LogP contribution in [0.3, 0.4) is 0 Å². The largest absolute Gasteiger partial charge is 0.397 e. The van der Waals surface area contributed by atoms with E-state index in [0.29, 0.717) is 23.7 Å². The summed E-state index contributed by atoms with van der Waals surface area (Å²) in [6, 6.07) is 1.73. The van der Waals surface area contributed by atoms with E-state index in [1.54, 1.807) is 16.3 Å². The van der Waals surface area contributed by atoms with E-state index < -0.39 is 5.60 Å². The summed E-state index contributed by atoms with van der Waals surface area (Å²) in [5.74, 6) is -0.0618. The fourth-order valence-electron chi connectivity index (χ4n) is 2.07. The molecule has 3 N–H and O–H groups in total. The molecular formula is C11H16N2O2S. The van der Waals surface area contributed by atoms with Gasteiger partial charge in [-0.05, 0) is 17.9 Å². The van der Waals surface area contributed by atoms with Gasteiger partial charge in [0.2, 0.25) is 0 Å². The first kappa shape index (κ1) is 11.4. The number of hydrogen-bond acceptors (Lipinski definition) is 4. The Morgan fingerprint density at radius 1 is 1.69 bits per heavy atom. The summed E-state index contributed by atoms with van der Waals surface area (Å²) in [6.45, 7) is 2.88. The molecule has 1 aliphatic rings. The first-order chi connectivity index (χ1) is 7.56. The predicted octanol–water partition coefficient (Wildman–Crippen LogP) is 1.32. The average Bonchev–Trinajstić information content (AvgIpc) is 2.60. The van der Waals surface area contributed by atoms with Crippen molar-refractivity contribution in [3.63, 3.8) is 0 Å². The van der Waals surface area contributed by atoms with Crippen LogP contribution in [0.4, 0.5) is 5.69 Å². The molecule has 4 nitrogen and oxygen atoms in total. The lowest BCUT2D eigenvalue weighted by molar-refractivity contribution is -0.0858. The van der Waals surface area contributed by atoms with Crippen molar-refractivity contribution in [2.75, 3.05) is 18.8 Å². The third-order valence-electron chi connectivity index (χ3n) is 2.86. The third-order valence-corrected chi connectivity index (χ3v) is 3.78. The number of likely N-dealkylation sites (tertiary alicyclic amines) is 1. The molecule has 0 radical (unpaired) electrons. The number of carbonyl (C=O) groups excluding carboxylic acids is 1. The Morgan fingerprint density at radius 2 is 2.38 bits per heavy atom. The predicted molar refractivity (Wildman–Crippen MR) is 64.5 cm³/mol. The van der Waals surface area contributed by atoms with Crippen LogP contribution in [-0.4, -0.2) is 34.6 Å². The van der Waals surface area contributed by atoms with Crippen molar-refractivity contribution in [1.82, 2.24) is 4.90 Å². The van der Waals surface area contributed by atoms with Gasteiger partial charge >= 0.3 is 0 Å². The van der Waals surface area contributed by atoms with E-state index in [1.807, 2.05) is 6.92 Å². The molecule has 2 rings (SSSR count). The maximum absolute atomic E-state index is 11.9. The van der Waals surface area contributed by atoms with Gasteiger partial charge in [0, 0.05) is 0 Å². The second-order valence-electron chi connectivity index (χ2n) is 4.34. The molecule has 16 heavy (non-hydrogen) atoms. The van der Waals surface area contributed by atoms with Gasteiger partial charge in [0.15, 0.2) is 0 Å². The van der Waals surface area contributed by atoms with Crippen molar-refractivity contribution in [3.8, 4) is 0 Å². The van der Waals surface area contributed by atoms with E-state index in [-0.39, 0.29) is 5.91 Å². The Balaban J connectivity index is 1.98. The molecule has 0 aromatic carbocycles. The molecule has 0 aliphatic carbocycles. The van der Waals surface area contributed by atoms with Crippen LogP contribution in [0.5, 0.6) is 0 Å². The van der Waals surface area contributed by atoms with Crippen molar-refractivity contribution in [1.29, 1.82) is 0 Å². The van der Waals surface area contributed by atoms with Gasteiger partial charge in [0.05, 0.1) is 24.4 Å². The smallest absolute Gasteiger partial charge is 0.266 e. The molecule has 1 fully saturated rings. The first-order valence-corrected chi connectivity index (χ1v) is 6.28. The van der Waals surface area contributed by atoms with E-state index in [1.165, 1.54) is 11.3 Å². The van der Waals surface area contributed by atoms with Crippen molar-refractivity contribution in [2.45, 2.75) is 25.4 Å². The summed E-state index contributed by atoms with van der Waals surface area (Å²) in [4.78, 5) is 14.2. The number of nitrogen functional groups attached to an aromatic ring is 1. The van der Waals surface area contributed by atoms with Gasteiger partial charge in [-0.3, -0.25) is 4.79 Å². The van der Waals surface area contributed by atoms with Crippen LogP contribution < -0.4 is 5.73 Å². The van der Waals surface area contributed by atoms with Gasteiger partial charge in [-0.1, -0.05) is 13.3 Å². The summed E-state index contributed by atoms with van der Waals surface area (Å²) in [5.41, 5.74) is 5.54. The molecule has 0 unspecified atom stereocenters. The number of nitrogens with zero attached hydrogens (tertiary/aromatic N) is 1. The van der Waals surface area contributed by atoms with Crippen LogP contribution >= 0.6 is 11.3 Å². The van der Waals surface area contributed by atoms with Gasteiger partial charge in [-0.15, -0.1) is 11.3 Å². The number of β-amino-alcohol motifs (C(OH)–C–C–N with tert-alkyl or cyclic N) is 1. The summed E-state index contributed by atoms with van der Waals surface area (Å²) in [6.07, 6.45) is 1.68. The summed E-state index contributed by atoms with van der Waals surface area (Å²) < 4.78 is 0. The Morgan fingerprint density at radius 3 is 2.88 bits per heavy atom. The number of carbonyl (C=O) groups is 1. The number of rotatable bonds is 3. The number of aliphatic hydroxyl groups is 1. The molecule has 0 atom stereocenters. The van der Waals surface area contributed by atoms with Crippen LogP contribution in [0.1, 0.15) is 29.4 Å². The van der Waals surface area contributed by atoms with Gasteiger partial charge < -0.3 is 15.7 Å². The lowest BCUT2D eigenvalue weighted by atomic mass is 9.89. The van der Waals surface area contributed by atoms with Gasteiger partial charge in [-0.2, -0.15) is 0 Å². The minimum atomic E-state index is -0.670. The third kappa shape index (κ3) is 1.92. The Hall–Kier alpha value is -1.07. The SMILES string of the molecule is CCCC1(O)CN(C(=O)c2sccc2N)C1. The zero-order chi connectivity index (χ0) is 11.8. The molecule has 1 aromatic heterocycles. The monoisotopic (exact) mass is 240 g/mol. The number of anilines is 1. The highest BCUT2D eigenvalue weighted by atomic mass is 32.1. The van der Waals surface area contributed by atoms with Crippen molar-refractivity contribution >= 4 is 22.9 Å². The Kier molecular flexibility index (Phi) is 2.90. The highest BCUT2D eigenvalue weighted by Gasteiger charge is 2.43. The molecule has 1 aromatic rings. The zero-order valence-electron chi connectivity index (χ0n) is 9.27. The molecule has 0 spiro atoms. The van der Waals surface area contributed by atoms with E-state index in [2.05, 4.69) is 0 Å². The van der Waals surface area contributed by atoms with Crippen molar-refractivity contribution in [2.24, 2.45) is 0 Å². The van der Waals surface area contributed by atoms with E-state index in [4.69, 9.17) is 5.73 Å². The van der Waals surface area contributed by atoms with Gasteiger partial charge in [-0.25, -0.2) is 0 Å². The van der Waals surface area contributed by atoms with E-state index in [0.717, 1.165) is 12.8 Å².